The van der Waals surface area contributed by atoms with Gasteiger partial charge in [0.15, 0.2) is 0 Å². The predicted molar refractivity (Wildman–Crippen MR) is 112 cm³/mol. The van der Waals surface area contributed by atoms with Crippen LogP contribution in [0.2, 0.25) is 0 Å². The molecule has 0 spiro atoms. The molecule has 0 radical (unpaired) electrons. The zero-order valence-electron chi connectivity index (χ0n) is 16.3. The third kappa shape index (κ3) is 2.51. The zero-order valence-corrected chi connectivity index (χ0v) is 16.3. The first-order chi connectivity index (χ1) is 12.7. The van der Waals surface area contributed by atoms with Gasteiger partial charge in [0.25, 0.3) is 0 Å². The summed E-state index contributed by atoms with van der Waals surface area (Å²) in [6, 6.07) is 15.4. The van der Waals surface area contributed by atoms with Crippen LogP contribution in [0.15, 0.2) is 42.5 Å². The van der Waals surface area contributed by atoms with Gasteiger partial charge in [-0.2, -0.15) is 0 Å². The molecule has 2 nitrogen and oxygen atoms in total. The van der Waals surface area contributed by atoms with E-state index < -0.39 is 0 Å². The first-order valence-electron chi connectivity index (χ1n) is 9.98. The summed E-state index contributed by atoms with van der Waals surface area (Å²) in [6.45, 7) is 8.94. The molecule has 0 amide bonds. The van der Waals surface area contributed by atoms with Gasteiger partial charge in [0.2, 0.25) is 0 Å². The van der Waals surface area contributed by atoms with E-state index in [2.05, 4.69) is 74.6 Å². The highest BCUT2D eigenvalue weighted by atomic mass is 15.0. The number of benzene rings is 2. The van der Waals surface area contributed by atoms with Crippen molar-refractivity contribution in [2.75, 3.05) is 0 Å². The summed E-state index contributed by atoms with van der Waals surface area (Å²) in [7, 11) is 0. The Balaban J connectivity index is 0.000000301. The first kappa shape index (κ1) is 17.1. The zero-order chi connectivity index (χ0) is 18.3. The SMILES string of the molecule is CCCCC.Cc1c2nc3c4c(cccc4c4ccccc4n13)C(C)C2. The van der Waals surface area contributed by atoms with Crippen molar-refractivity contribution in [3.8, 4) is 0 Å². The van der Waals surface area contributed by atoms with Gasteiger partial charge in [-0.3, -0.25) is 4.40 Å². The van der Waals surface area contributed by atoms with E-state index >= 15 is 0 Å². The van der Waals surface area contributed by atoms with Crippen LogP contribution in [0.1, 0.15) is 62.9 Å². The van der Waals surface area contributed by atoms with Gasteiger partial charge in [0.05, 0.1) is 11.2 Å². The normalized spacial score (nSPS) is 15.6. The summed E-state index contributed by atoms with van der Waals surface area (Å²) in [4.78, 5) is 4.97. The largest absolute Gasteiger partial charge is 0.296 e. The Labute approximate surface area is 155 Å². The molecule has 1 atom stereocenters. The summed E-state index contributed by atoms with van der Waals surface area (Å²) in [5.74, 6) is 0.526. The van der Waals surface area contributed by atoms with Crippen molar-refractivity contribution in [2.24, 2.45) is 0 Å². The molecule has 1 unspecified atom stereocenters. The fourth-order valence-corrected chi connectivity index (χ4v) is 4.31. The molecule has 26 heavy (non-hydrogen) atoms. The number of aromatic nitrogens is 2. The van der Waals surface area contributed by atoms with Gasteiger partial charge in [-0.05, 0) is 36.3 Å². The number of fused-ring (bicyclic) bond motifs is 4. The van der Waals surface area contributed by atoms with Gasteiger partial charge < -0.3 is 0 Å². The maximum absolute atomic E-state index is 4.97. The second kappa shape index (κ2) is 6.75. The Morgan fingerprint density at radius 1 is 1.00 bits per heavy atom. The summed E-state index contributed by atoms with van der Waals surface area (Å²) < 4.78 is 2.35. The van der Waals surface area contributed by atoms with Crippen molar-refractivity contribution in [2.45, 2.75) is 59.3 Å². The summed E-state index contributed by atoms with van der Waals surface area (Å²) in [5, 5.41) is 4.00. The highest BCUT2D eigenvalue weighted by Gasteiger charge is 2.24. The fraction of sp³-hybridized carbons (Fsp3) is 0.375. The molecule has 2 heteroatoms. The number of hydrogen-bond acceptors (Lipinski definition) is 1. The van der Waals surface area contributed by atoms with Crippen molar-refractivity contribution in [3.63, 3.8) is 0 Å². The molecule has 0 saturated heterocycles. The Hall–Kier alpha value is -2.35. The quantitative estimate of drug-likeness (QED) is 0.365. The lowest BCUT2D eigenvalue weighted by Crippen LogP contribution is -2.04. The number of pyridine rings is 1. The molecule has 3 heterocycles. The van der Waals surface area contributed by atoms with Crippen LogP contribution >= 0.6 is 0 Å². The van der Waals surface area contributed by atoms with Crippen LogP contribution < -0.4 is 0 Å². The molecule has 2 aromatic heterocycles. The number of hydrogen-bond donors (Lipinski definition) is 0. The maximum atomic E-state index is 4.97. The number of para-hydroxylation sites is 1. The Morgan fingerprint density at radius 2 is 1.73 bits per heavy atom. The van der Waals surface area contributed by atoms with Gasteiger partial charge in [-0.1, -0.05) is 76.4 Å². The molecule has 0 aliphatic carbocycles. The van der Waals surface area contributed by atoms with E-state index in [0.717, 1.165) is 12.1 Å². The first-order valence-corrected chi connectivity index (χ1v) is 9.98. The van der Waals surface area contributed by atoms with E-state index in [1.807, 2.05) is 0 Å². The molecule has 1 aliphatic heterocycles. The Bertz CT molecular complexity index is 1090. The minimum Gasteiger partial charge on any atom is -0.296 e. The van der Waals surface area contributed by atoms with Crippen LogP contribution in [0, 0.1) is 6.92 Å². The van der Waals surface area contributed by atoms with Gasteiger partial charge in [-0.25, -0.2) is 4.98 Å². The van der Waals surface area contributed by atoms with Crippen LogP contribution in [-0.4, -0.2) is 9.38 Å². The average molecular weight is 345 g/mol. The van der Waals surface area contributed by atoms with Crippen LogP contribution in [0.4, 0.5) is 0 Å². The van der Waals surface area contributed by atoms with Crippen molar-refractivity contribution < 1.29 is 0 Å². The smallest absolute Gasteiger partial charge is 0.145 e. The average Bonchev–Trinajstić information content (AvgIpc) is 2.90. The van der Waals surface area contributed by atoms with Crippen molar-refractivity contribution in [3.05, 3.63) is 59.4 Å². The lowest BCUT2D eigenvalue weighted by molar-refractivity contribution is 0.749. The molecule has 0 saturated carbocycles. The predicted octanol–water partition coefficient (Wildman–Crippen LogP) is 6.81. The summed E-state index contributed by atoms with van der Waals surface area (Å²) in [6.07, 6.45) is 5.11. The molecule has 2 bridgehead atoms. The van der Waals surface area contributed by atoms with E-state index in [1.165, 1.54) is 57.9 Å². The third-order valence-electron chi connectivity index (χ3n) is 5.70. The highest BCUT2D eigenvalue weighted by molar-refractivity contribution is 6.13. The molecule has 5 rings (SSSR count). The molecular formula is C24H28N2. The monoisotopic (exact) mass is 344 g/mol. The van der Waals surface area contributed by atoms with Crippen LogP contribution in [0.5, 0.6) is 0 Å². The second-order valence-corrected chi connectivity index (χ2v) is 7.55. The van der Waals surface area contributed by atoms with E-state index in [0.29, 0.717) is 5.92 Å². The minimum absolute atomic E-state index is 0.526. The standard InChI is InChI=1S/C19H16N2.C5H12/c1-11-10-16-12(2)21-17-9-4-3-6-14(17)15-8-5-7-13(11)18(15)19(21)20-16;1-3-5-4-2/h3-9,11H,10H2,1-2H3;3-5H2,1-2H3. The van der Waals surface area contributed by atoms with Crippen LogP contribution in [0.3, 0.4) is 0 Å². The van der Waals surface area contributed by atoms with Crippen molar-refractivity contribution >= 4 is 27.3 Å². The van der Waals surface area contributed by atoms with E-state index in [4.69, 9.17) is 4.98 Å². The second-order valence-electron chi connectivity index (χ2n) is 7.55. The van der Waals surface area contributed by atoms with Gasteiger partial charge in [-0.15, -0.1) is 0 Å². The summed E-state index contributed by atoms with van der Waals surface area (Å²) in [5.41, 5.74) is 6.38. The number of unbranched alkanes of at least 4 members (excludes halogenated alkanes) is 2. The van der Waals surface area contributed by atoms with E-state index in [1.54, 1.807) is 0 Å². The van der Waals surface area contributed by atoms with Gasteiger partial charge >= 0.3 is 0 Å². The number of nitrogens with zero attached hydrogens (tertiary/aromatic N) is 2. The molecule has 4 aromatic rings. The topological polar surface area (TPSA) is 17.3 Å². The van der Waals surface area contributed by atoms with Crippen LogP contribution in [0.25, 0.3) is 27.3 Å². The molecule has 0 N–H and O–H groups in total. The van der Waals surface area contributed by atoms with E-state index in [-0.39, 0.29) is 0 Å². The number of imidazole rings is 1. The molecule has 2 aromatic carbocycles. The number of rotatable bonds is 2. The Kier molecular flexibility index (Phi) is 4.44. The molecule has 134 valence electrons. The molecular weight excluding hydrogens is 316 g/mol. The molecule has 0 fully saturated rings. The lowest BCUT2D eigenvalue weighted by atomic mass is 9.90. The summed E-state index contributed by atoms with van der Waals surface area (Å²) >= 11 is 0. The van der Waals surface area contributed by atoms with Gasteiger partial charge in [0.1, 0.15) is 5.65 Å². The maximum Gasteiger partial charge on any atom is 0.145 e. The molecule has 1 aliphatic rings. The third-order valence-corrected chi connectivity index (χ3v) is 5.70. The lowest BCUT2D eigenvalue weighted by Gasteiger charge is -2.17. The van der Waals surface area contributed by atoms with Crippen molar-refractivity contribution in [1.82, 2.24) is 9.38 Å². The number of aryl methyl sites for hydroxylation is 1. The van der Waals surface area contributed by atoms with Crippen molar-refractivity contribution in [1.29, 1.82) is 0 Å². The highest BCUT2D eigenvalue weighted by Crippen LogP contribution is 2.39. The van der Waals surface area contributed by atoms with Gasteiger partial charge in [0, 0.05) is 16.5 Å². The van der Waals surface area contributed by atoms with Crippen LogP contribution in [-0.2, 0) is 6.42 Å². The minimum atomic E-state index is 0.526. The van der Waals surface area contributed by atoms with E-state index in [9.17, 15) is 0 Å². The fourth-order valence-electron chi connectivity index (χ4n) is 4.31. The Morgan fingerprint density at radius 3 is 2.46 bits per heavy atom.